The number of rotatable bonds is 18. The van der Waals surface area contributed by atoms with E-state index in [4.69, 9.17) is 9.84 Å². The SMILES string of the molecule is CC(C)CCC[C@@H](C)[C@H]1CC[C@H]2[C@@H]3CC=C4C[C@@H](OC(=O)NCCCCCCNC(=O)[C@H](O)[C@H](O)[C@H](O)[C@H](O)CO)CC[C@]4(C)[C@H]3CC[C@]12C. The lowest BCUT2D eigenvalue weighted by molar-refractivity contribution is -0.148. The van der Waals surface area contributed by atoms with Crippen LogP contribution in [-0.4, -0.2) is 87.7 Å². The van der Waals surface area contributed by atoms with Crippen molar-refractivity contribution in [2.75, 3.05) is 19.7 Å². The molecule has 0 aromatic heterocycles. The number of unbranched alkanes of at least 4 members (excludes halogenated alkanes) is 3. The molecule has 0 saturated heterocycles. The molecular weight excluding hydrogens is 636 g/mol. The van der Waals surface area contributed by atoms with Crippen LogP contribution in [0.1, 0.15) is 131 Å². The summed E-state index contributed by atoms with van der Waals surface area (Å²) in [4.78, 5) is 24.7. The largest absolute Gasteiger partial charge is 0.446 e. The molecule has 2 amide bonds. The summed E-state index contributed by atoms with van der Waals surface area (Å²) >= 11 is 0. The molecule has 3 fully saturated rings. The maximum atomic E-state index is 12.7. The van der Waals surface area contributed by atoms with Gasteiger partial charge in [0.15, 0.2) is 6.10 Å². The van der Waals surface area contributed by atoms with E-state index >= 15 is 0 Å². The lowest BCUT2D eigenvalue weighted by Crippen LogP contribution is -2.51. The first kappa shape index (κ1) is 41.0. The van der Waals surface area contributed by atoms with E-state index in [1.165, 1.54) is 56.9 Å². The Balaban J connectivity index is 1.14. The Kier molecular flexibility index (Phi) is 15.1. The predicted molar refractivity (Wildman–Crippen MR) is 194 cm³/mol. The van der Waals surface area contributed by atoms with E-state index in [0.29, 0.717) is 18.4 Å². The van der Waals surface area contributed by atoms with Crippen molar-refractivity contribution >= 4 is 12.0 Å². The summed E-state index contributed by atoms with van der Waals surface area (Å²) in [6, 6.07) is 0. The predicted octanol–water partition coefficient (Wildman–Crippen LogP) is 5.24. The number of aliphatic hydroxyl groups is 5. The number of hydrogen-bond donors (Lipinski definition) is 7. The van der Waals surface area contributed by atoms with Crippen LogP contribution in [-0.2, 0) is 9.53 Å². The number of ether oxygens (including phenoxy) is 1. The van der Waals surface area contributed by atoms with Gasteiger partial charge < -0.3 is 40.9 Å². The first-order valence-corrected chi connectivity index (χ1v) is 20.0. The van der Waals surface area contributed by atoms with Crippen molar-refractivity contribution < 1.29 is 39.9 Å². The van der Waals surface area contributed by atoms with Crippen LogP contribution in [0.3, 0.4) is 0 Å². The second kappa shape index (κ2) is 18.4. The normalized spacial score (nSPS) is 33.6. The summed E-state index contributed by atoms with van der Waals surface area (Å²) in [7, 11) is 0. The van der Waals surface area contributed by atoms with Crippen LogP contribution in [0.4, 0.5) is 4.79 Å². The van der Waals surface area contributed by atoms with Gasteiger partial charge in [0.05, 0.1) is 6.61 Å². The Hall–Kier alpha value is -1.72. The maximum absolute atomic E-state index is 12.7. The molecule has 0 heterocycles. The van der Waals surface area contributed by atoms with Gasteiger partial charge in [-0.25, -0.2) is 4.79 Å². The molecule has 4 rings (SSSR count). The third-order valence-electron chi connectivity index (χ3n) is 13.7. The molecule has 7 N–H and O–H groups in total. The van der Waals surface area contributed by atoms with Gasteiger partial charge in [0.1, 0.15) is 24.4 Å². The fraction of sp³-hybridized carbons (Fsp3) is 0.900. The summed E-state index contributed by atoms with van der Waals surface area (Å²) in [6.07, 6.45) is 11.5. The topological polar surface area (TPSA) is 169 Å². The van der Waals surface area contributed by atoms with Gasteiger partial charge in [-0.15, -0.1) is 0 Å². The van der Waals surface area contributed by atoms with Gasteiger partial charge in [-0.3, -0.25) is 4.79 Å². The zero-order valence-corrected chi connectivity index (χ0v) is 31.6. The molecule has 0 aromatic rings. The number of hydrogen-bond acceptors (Lipinski definition) is 8. The van der Waals surface area contributed by atoms with Gasteiger partial charge >= 0.3 is 6.09 Å². The van der Waals surface area contributed by atoms with E-state index in [-0.39, 0.29) is 24.2 Å². The maximum Gasteiger partial charge on any atom is 0.407 e. The minimum atomic E-state index is -1.92. The smallest absolute Gasteiger partial charge is 0.407 e. The molecule has 10 nitrogen and oxygen atoms in total. The van der Waals surface area contributed by atoms with E-state index in [1.54, 1.807) is 0 Å². The van der Waals surface area contributed by atoms with E-state index < -0.39 is 36.9 Å². The number of alkyl carbamates (subject to hydrolysis) is 1. The summed E-state index contributed by atoms with van der Waals surface area (Å²) in [6.45, 7) is 12.4. The third kappa shape index (κ3) is 9.63. The molecule has 0 aromatic carbocycles. The first-order chi connectivity index (χ1) is 23.7. The van der Waals surface area contributed by atoms with Crippen LogP contribution in [0.5, 0.6) is 0 Å². The Morgan fingerprint density at radius 1 is 0.860 bits per heavy atom. The fourth-order valence-corrected chi connectivity index (χ4v) is 10.7. The average Bonchev–Trinajstić information content (AvgIpc) is 3.45. The number of aliphatic hydroxyl groups excluding tert-OH is 5. The highest BCUT2D eigenvalue weighted by Gasteiger charge is 2.59. The van der Waals surface area contributed by atoms with Gasteiger partial charge in [-0.1, -0.05) is 78.4 Å². The Labute approximate surface area is 301 Å². The number of carbonyl (C=O) groups excluding carboxylic acids is 2. The number of nitrogens with one attached hydrogen (secondary N) is 2. The molecule has 288 valence electrons. The molecule has 0 spiro atoms. The second-order valence-electron chi connectivity index (χ2n) is 17.4. The summed E-state index contributed by atoms with van der Waals surface area (Å²) < 4.78 is 5.92. The van der Waals surface area contributed by atoms with E-state index in [2.05, 4.69) is 51.3 Å². The van der Waals surface area contributed by atoms with Crippen molar-refractivity contribution in [3.63, 3.8) is 0 Å². The van der Waals surface area contributed by atoms with E-state index in [1.807, 2.05) is 0 Å². The minimum absolute atomic E-state index is 0.0761. The highest BCUT2D eigenvalue weighted by molar-refractivity contribution is 5.81. The average molecular weight is 707 g/mol. The van der Waals surface area contributed by atoms with Crippen molar-refractivity contribution in [2.45, 2.75) is 161 Å². The summed E-state index contributed by atoms with van der Waals surface area (Å²) in [5, 5.41) is 53.0. The molecule has 50 heavy (non-hydrogen) atoms. The Morgan fingerprint density at radius 2 is 1.56 bits per heavy atom. The number of fused-ring (bicyclic) bond motifs is 5. The lowest BCUT2D eigenvalue weighted by Gasteiger charge is -2.58. The Bertz CT molecular complexity index is 1130. The van der Waals surface area contributed by atoms with Gasteiger partial charge in [0.2, 0.25) is 0 Å². The first-order valence-electron chi connectivity index (χ1n) is 20.0. The molecule has 12 atom stereocenters. The standard InChI is InChI=1S/C40H70N2O8/c1-25(2)11-10-12-26(3)30-15-16-31-29-14-13-27-23-28(17-19-39(27,4)32(29)18-20-40(30,31)5)50-38(49)42-22-9-7-6-8-21-41-37(48)36(47)35(46)34(45)33(44)24-43/h13,25-26,28-36,43-47H,6-12,14-24H2,1-5H3,(H,41,48)(H,42,49)/t26-,28+,29+,30-,31+,32+,33-,34-,35-,36-,39+,40-/m1/s1. The van der Waals surface area contributed by atoms with Gasteiger partial charge in [-0.05, 0) is 104 Å². The molecule has 4 aliphatic carbocycles. The zero-order valence-electron chi connectivity index (χ0n) is 31.6. The molecule has 0 aliphatic heterocycles. The molecule has 0 radical (unpaired) electrons. The minimum Gasteiger partial charge on any atom is -0.446 e. The van der Waals surface area contributed by atoms with Crippen molar-refractivity contribution in [3.05, 3.63) is 11.6 Å². The van der Waals surface area contributed by atoms with Crippen molar-refractivity contribution in [3.8, 4) is 0 Å². The molecule has 3 saturated carbocycles. The fourth-order valence-electron chi connectivity index (χ4n) is 10.7. The molecular formula is C40H70N2O8. The van der Waals surface area contributed by atoms with Gasteiger partial charge in [-0.2, -0.15) is 0 Å². The zero-order chi connectivity index (χ0) is 36.6. The van der Waals surface area contributed by atoms with Crippen LogP contribution in [0, 0.1) is 46.3 Å². The van der Waals surface area contributed by atoms with Crippen LogP contribution in [0.25, 0.3) is 0 Å². The number of allylic oxidation sites excluding steroid dienone is 1. The number of carbonyl (C=O) groups is 2. The van der Waals surface area contributed by atoms with E-state index in [0.717, 1.165) is 74.0 Å². The molecule has 4 aliphatic rings. The molecule has 10 heteroatoms. The highest BCUT2D eigenvalue weighted by Crippen LogP contribution is 2.67. The van der Waals surface area contributed by atoms with Crippen molar-refractivity contribution in [2.24, 2.45) is 46.3 Å². The second-order valence-corrected chi connectivity index (χ2v) is 17.4. The van der Waals surface area contributed by atoms with Gasteiger partial charge in [0, 0.05) is 19.5 Å². The van der Waals surface area contributed by atoms with Crippen LogP contribution >= 0.6 is 0 Å². The van der Waals surface area contributed by atoms with Crippen LogP contribution in [0.15, 0.2) is 11.6 Å². The molecule has 0 bridgehead atoms. The van der Waals surface area contributed by atoms with Crippen LogP contribution in [0.2, 0.25) is 0 Å². The highest BCUT2D eigenvalue weighted by atomic mass is 16.6. The quantitative estimate of drug-likeness (QED) is 0.0751. The van der Waals surface area contributed by atoms with Crippen molar-refractivity contribution in [1.82, 2.24) is 10.6 Å². The van der Waals surface area contributed by atoms with Gasteiger partial charge in [0.25, 0.3) is 5.91 Å². The third-order valence-corrected chi connectivity index (χ3v) is 13.7. The summed E-state index contributed by atoms with van der Waals surface area (Å²) in [5.74, 6) is 4.00. The number of amides is 2. The van der Waals surface area contributed by atoms with Crippen molar-refractivity contribution in [1.29, 1.82) is 0 Å². The van der Waals surface area contributed by atoms with Crippen LogP contribution < -0.4 is 10.6 Å². The lowest BCUT2D eigenvalue weighted by atomic mass is 9.47. The monoisotopic (exact) mass is 707 g/mol. The molecule has 0 unspecified atom stereocenters. The summed E-state index contributed by atoms with van der Waals surface area (Å²) in [5.41, 5.74) is 2.24. The van der Waals surface area contributed by atoms with E-state index in [9.17, 15) is 30.0 Å². The Morgan fingerprint density at radius 3 is 2.24 bits per heavy atom.